The molecule has 0 unspecified atom stereocenters. The zero-order valence-corrected chi connectivity index (χ0v) is 16.2. The Kier molecular flexibility index (Phi) is 5.85. The largest absolute Gasteiger partial charge is 0.494 e. The topological polar surface area (TPSA) is 94.3 Å². The van der Waals surface area contributed by atoms with Gasteiger partial charge in [0.15, 0.2) is 10.9 Å². The average Bonchev–Trinajstić information content (AvgIpc) is 3.10. The Labute approximate surface area is 167 Å². The SMILES string of the molecule is COc1cc([N+](=O)[O-])ccc1NC(=S)Nc1ccn(Cc2ccc(C)cc2)n1. The van der Waals surface area contributed by atoms with E-state index in [4.69, 9.17) is 17.0 Å². The molecule has 0 saturated carbocycles. The number of non-ortho nitro benzene ring substituents is 1. The van der Waals surface area contributed by atoms with E-state index in [9.17, 15) is 10.1 Å². The van der Waals surface area contributed by atoms with Crippen molar-refractivity contribution < 1.29 is 9.66 Å². The number of rotatable bonds is 6. The molecule has 9 heteroatoms. The van der Waals surface area contributed by atoms with Crippen LogP contribution in [-0.4, -0.2) is 26.9 Å². The number of nitro benzene ring substituents is 1. The Bertz CT molecular complexity index is 1000. The van der Waals surface area contributed by atoms with Gasteiger partial charge >= 0.3 is 0 Å². The predicted octanol–water partition coefficient (Wildman–Crippen LogP) is 3.97. The molecule has 2 N–H and O–H groups in total. The fourth-order valence-electron chi connectivity index (χ4n) is 2.56. The highest BCUT2D eigenvalue weighted by Gasteiger charge is 2.12. The molecule has 0 bridgehead atoms. The molecule has 0 saturated heterocycles. The molecule has 0 amide bonds. The molecule has 3 aromatic rings. The molecule has 8 nitrogen and oxygen atoms in total. The number of benzene rings is 2. The van der Waals surface area contributed by atoms with Gasteiger partial charge in [-0.3, -0.25) is 14.8 Å². The van der Waals surface area contributed by atoms with Gasteiger partial charge in [-0.05, 0) is 30.8 Å². The second-order valence-electron chi connectivity index (χ2n) is 6.10. The van der Waals surface area contributed by atoms with Crippen molar-refractivity contribution in [2.24, 2.45) is 0 Å². The third-order valence-corrected chi connectivity index (χ3v) is 4.20. The van der Waals surface area contributed by atoms with Crippen LogP contribution in [0.15, 0.2) is 54.7 Å². The summed E-state index contributed by atoms with van der Waals surface area (Å²) in [6.45, 7) is 2.70. The van der Waals surface area contributed by atoms with E-state index < -0.39 is 4.92 Å². The molecule has 0 aliphatic heterocycles. The second-order valence-corrected chi connectivity index (χ2v) is 6.51. The number of anilines is 2. The highest BCUT2D eigenvalue weighted by molar-refractivity contribution is 7.80. The lowest BCUT2D eigenvalue weighted by Gasteiger charge is -2.12. The van der Waals surface area contributed by atoms with Crippen molar-refractivity contribution >= 4 is 34.5 Å². The minimum absolute atomic E-state index is 0.0591. The maximum absolute atomic E-state index is 10.9. The monoisotopic (exact) mass is 397 g/mol. The maximum Gasteiger partial charge on any atom is 0.273 e. The normalized spacial score (nSPS) is 10.4. The van der Waals surface area contributed by atoms with Crippen molar-refractivity contribution in [2.45, 2.75) is 13.5 Å². The molecule has 0 fully saturated rings. The van der Waals surface area contributed by atoms with E-state index in [-0.39, 0.29) is 5.69 Å². The van der Waals surface area contributed by atoms with Crippen LogP contribution in [0, 0.1) is 17.0 Å². The van der Waals surface area contributed by atoms with Gasteiger partial charge in [0.1, 0.15) is 5.75 Å². The average molecular weight is 397 g/mol. The first-order valence-electron chi connectivity index (χ1n) is 8.44. The second kappa shape index (κ2) is 8.49. The number of aromatic nitrogens is 2. The summed E-state index contributed by atoms with van der Waals surface area (Å²) in [7, 11) is 1.44. The molecular formula is C19H19N5O3S. The molecule has 1 heterocycles. The summed E-state index contributed by atoms with van der Waals surface area (Å²) in [4.78, 5) is 10.4. The summed E-state index contributed by atoms with van der Waals surface area (Å²) in [6.07, 6.45) is 1.86. The van der Waals surface area contributed by atoms with Gasteiger partial charge in [-0.1, -0.05) is 29.8 Å². The van der Waals surface area contributed by atoms with Gasteiger partial charge < -0.3 is 15.4 Å². The summed E-state index contributed by atoms with van der Waals surface area (Å²) in [5.41, 5.74) is 2.82. The van der Waals surface area contributed by atoms with Crippen LogP contribution in [0.3, 0.4) is 0 Å². The first-order valence-corrected chi connectivity index (χ1v) is 8.85. The molecule has 0 atom stereocenters. The molecule has 0 spiro atoms. The lowest BCUT2D eigenvalue weighted by Crippen LogP contribution is -2.20. The molecule has 3 rings (SSSR count). The summed E-state index contributed by atoms with van der Waals surface area (Å²) in [5.74, 6) is 0.911. The third kappa shape index (κ3) is 4.83. The van der Waals surface area contributed by atoms with Gasteiger partial charge in [-0.25, -0.2) is 0 Å². The quantitative estimate of drug-likeness (QED) is 0.369. The molecule has 0 aliphatic rings. The highest BCUT2D eigenvalue weighted by atomic mass is 32.1. The van der Waals surface area contributed by atoms with Crippen LogP contribution < -0.4 is 15.4 Å². The van der Waals surface area contributed by atoms with E-state index in [0.29, 0.717) is 28.9 Å². The predicted molar refractivity (Wildman–Crippen MR) is 112 cm³/mol. The summed E-state index contributed by atoms with van der Waals surface area (Å²) < 4.78 is 7.00. The molecular weight excluding hydrogens is 378 g/mol. The zero-order chi connectivity index (χ0) is 20.1. The minimum Gasteiger partial charge on any atom is -0.494 e. The van der Waals surface area contributed by atoms with Crippen LogP contribution in [0.25, 0.3) is 0 Å². The third-order valence-electron chi connectivity index (χ3n) is 3.99. The van der Waals surface area contributed by atoms with E-state index in [2.05, 4.69) is 40.0 Å². The number of methoxy groups -OCH3 is 1. The van der Waals surface area contributed by atoms with Gasteiger partial charge in [0.2, 0.25) is 0 Å². The van der Waals surface area contributed by atoms with E-state index in [0.717, 1.165) is 5.56 Å². The van der Waals surface area contributed by atoms with Crippen LogP contribution >= 0.6 is 12.2 Å². The number of hydrogen-bond acceptors (Lipinski definition) is 5. The smallest absolute Gasteiger partial charge is 0.273 e. The van der Waals surface area contributed by atoms with Crippen molar-refractivity contribution in [2.75, 3.05) is 17.7 Å². The van der Waals surface area contributed by atoms with Crippen molar-refractivity contribution in [3.8, 4) is 5.75 Å². The number of hydrogen-bond donors (Lipinski definition) is 2. The standard InChI is InChI=1S/C19H19N5O3S/c1-13-3-5-14(6-4-13)12-23-10-9-18(22-23)21-19(28)20-16-8-7-15(24(25)26)11-17(16)27-2/h3-11H,12H2,1-2H3,(H2,20,21,22,28). The number of nitro groups is 1. The first kappa shape index (κ1) is 19.3. The Morgan fingerprint density at radius 1 is 1.21 bits per heavy atom. The molecule has 0 aliphatic carbocycles. The van der Waals surface area contributed by atoms with Crippen molar-refractivity contribution in [1.29, 1.82) is 0 Å². The van der Waals surface area contributed by atoms with Gasteiger partial charge in [0.05, 0.1) is 30.3 Å². The van der Waals surface area contributed by atoms with E-state index in [1.165, 1.54) is 24.8 Å². The van der Waals surface area contributed by atoms with Crippen LogP contribution in [0.2, 0.25) is 0 Å². The van der Waals surface area contributed by atoms with Crippen LogP contribution in [-0.2, 0) is 6.54 Å². The summed E-state index contributed by atoms with van der Waals surface area (Å²) in [6, 6.07) is 14.3. The van der Waals surface area contributed by atoms with E-state index >= 15 is 0 Å². The van der Waals surface area contributed by atoms with Crippen LogP contribution in [0.4, 0.5) is 17.2 Å². The lowest BCUT2D eigenvalue weighted by molar-refractivity contribution is -0.384. The fraction of sp³-hybridized carbons (Fsp3) is 0.158. The molecule has 0 radical (unpaired) electrons. The number of nitrogens with zero attached hydrogens (tertiary/aromatic N) is 3. The number of nitrogens with one attached hydrogen (secondary N) is 2. The van der Waals surface area contributed by atoms with Crippen LogP contribution in [0.5, 0.6) is 5.75 Å². The summed E-state index contributed by atoms with van der Waals surface area (Å²) >= 11 is 5.30. The van der Waals surface area contributed by atoms with E-state index in [1.54, 1.807) is 6.07 Å². The highest BCUT2D eigenvalue weighted by Crippen LogP contribution is 2.29. The molecule has 144 valence electrons. The Hall–Kier alpha value is -3.46. The molecule has 2 aromatic carbocycles. The fourth-order valence-corrected chi connectivity index (χ4v) is 2.78. The number of ether oxygens (including phenoxy) is 1. The van der Waals surface area contributed by atoms with Gasteiger partial charge in [0, 0.05) is 18.3 Å². The van der Waals surface area contributed by atoms with Crippen molar-refractivity contribution in [3.05, 3.63) is 76.0 Å². The Morgan fingerprint density at radius 2 is 1.96 bits per heavy atom. The van der Waals surface area contributed by atoms with Crippen LogP contribution in [0.1, 0.15) is 11.1 Å². The first-order chi connectivity index (χ1) is 13.4. The Morgan fingerprint density at radius 3 is 2.64 bits per heavy atom. The molecule has 1 aromatic heterocycles. The van der Waals surface area contributed by atoms with Crippen molar-refractivity contribution in [1.82, 2.24) is 9.78 Å². The van der Waals surface area contributed by atoms with Gasteiger partial charge in [-0.15, -0.1) is 0 Å². The molecule has 28 heavy (non-hydrogen) atoms. The minimum atomic E-state index is -0.483. The van der Waals surface area contributed by atoms with Gasteiger partial charge in [-0.2, -0.15) is 5.10 Å². The van der Waals surface area contributed by atoms with Gasteiger partial charge in [0.25, 0.3) is 5.69 Å². The maximum atomic E-state index is 10.9. The van der Waals surface area contributed by atoms with Crippen molar-refractivity contribution in [3.63, 3.8) is 0 Å². The lowest BCUT2D eigenvalue weighted by atomic mass is 10.1. The number of thiocarbonyl (C=S) groups is 1. The Balaban J connectivity index is 1.63. The van der Waals surface area contributed by atoms with E-state index in [1.807, 2.05) is 23.9 Å². The number of aryl methyl sites for hydroxylation is 1. The summed E-state index contributed by atoms with van der Waals surface area (Å²) in [5, 5.41) is 21.6. The zero-order valence-electron chi connectivity index (χ0n) is 15.4.